The van der Waals surface area contributed by atoms with Gasteiger partial charge >= 0.3 is 0 Å². The summed E-state index contributed by atoms with van der Waals surface area (Å²) < 4.78 is 17.2. The number of hydrogen-bond acceptors (Lipinski definition) is 7. The van der Waals surface area contributed by atoms with Crippen LogP contribution in [0.15, 0.2) is 73.1 Å². The summed E-state index contributed by atoms with van der Waals surface area (Å²) in [6, 6.07) is 19.5. The summed E-state index contributed by atoms with van der Waals surface area (Å²) in [6.45, 7) is 0. The molecule has 0 unspecified atom stereocenters. The smallest absolute Gasteiger partial charge is 0.163 e. The lowest BCUT2D eigenvalue weighted by atomic mass is 10.1. The van der Waals surface area contributed by atoms with E-state index in [1.54, 1.807) is 26.6 Å². The predicted octanol–water partition coefficient (Wildman–Crippen LogP) is 5.77. The van der Waals surface area contributed by atoms with Crippen LogP contribution in [0, 0.1) is 0 Å². The first-order chi connectivity index (χ1) is 15.8. The zero-order valence-corrected chi connectivity index (χ0v) is 17.4. The van der Waals surface area contributed by atoms with Gasteiger partial charge in [-0.15, -0.1) is 0 Å². The summed E-state index contributed by atoms with van der Waals surface area (Å²) in [5.41, 5.74) is 3.96. The van der Waals surface area contributed by atoms with Crippen LogP contribution in [0.25, 0.3) is 22.1 Å². The van der Waals surface area contributed by atoms with Crippen molar-refractivity contribution in [3.63, 3.8) is 0 Å². The second kappa shape index (κ2) is 7.09. The number of aromatic nitrogens is 3. The molecule has 0 radical (unpaired) electrons. The molecule has 5 aromatic rings. The highest BCUT2D eigenvalue weighted by atomic mass is 16.5. The number of nitrogens with zero attached hydrogens (tertiary/aromatic N) is 4. The Balaban J connectivity index is 1.73. The van der Waals surface area contributed by atoms with Gasteiger partial charge in [-0.05, 0) is 48.5 Å². The largest absolute Gasteiger partial charge is 0.497 e. The highest BCUT2D eigenvalue weighted by molar-refractivity contribution is 6.10. The number of anilines is 3. The molecule has 156 valence electrons. The van der Waals surface area contributed by atoms with Gasteiger partial charge in [0.05, 0.1) is 31.3 Å². The Hall–Kier alpha value is -4.39. The average molecular weight is 422 g/mol. The fourth-order valence-corrected chi connectivity index (χ4v) is 4.09. The van der Waals surface area contributed by atoms with Gasteiger partial charge in [-0.3, -0.25) is 0 Å². The summed E-state index contributed by atoms with van der Waals surface area (Å²) in [4.78, 5) is 15.9. The average Bonchev–Trinajstić information content (AvgIpc) is 2.85. The third-order valence-corrected chi connectivity index (χ3v) is 5.55. The predicted molar refractivity (Wildman–Crippen MR) is 123 cm³/mol. The number of benzene rings is 2. The van der Waals surface area contributed by atoms with Gasteiger partial charge in [0, 0.05) is 35.3 Å². The van der Waals surface area contributed by atoms with E-state index in [0.29, 0.717) is 34.3 Å². The maximum atomic E-state index is 6.29. The van der Waals surface area contributed by atoms with Crippen molar-refractivity contribution >= 4 is 39.1 Å². The molecule has 0 saturated heterocycles. The van der Waals surface area contributed by atoms with Crippen molar-refractivity contribution < 1.29 is 14.2 Å². The molecule has 7 heteroatoms. The summed E-state index contributed by atoms with van der Waals surface area (Å²) >= 11 is 0. The number of methoxy groups -OCH3 is 2. The van der Waals surface area contributed by atoms with Crippen molar-refractivity contribution in [1.29, 1.82) is 0 Å². The molecule has 3 aromatic heterocycles. The van der Waals surface area contributed by atoms with Crippen LogP contribution in [-0.4, -0.2) is 29.2 Å². The van der Waals surface area contributed by atoms with Gasteiger partial charge in [-0.1, -0.05) is 0 Å². The molecular formula is C25H18N4O3. The Morgan fingerprint density at radius 1 is 0.719 bits per heavy atom. The van der Waals surface area contributed by atoms with Crippen LogP contribution in [0.5, 0.6) is 23.0 Å². The Kier molecular flexibility index (Phi) is 4.07. The molecule has 6 rings (SSSR count). The van der Waals surface area contributed by atoms with Crippen molar-refractivity contribution in [3.05, 3.63) is 73.1 Å². The van der Waals surface area contributed by atoms with E-state index in [-0.39, 0.29) is 0 Å². The van der Waals surface area contributed by atoms with Gasteiger partial charge in [-0.2, -0.15) is 0 Å². The minimum absolute atomic E-state index is 0.630. The highest BCUT2D eigenvalue weighted by Gasteiger charge is 2.29. The minimum Gasteiger partial charge on any atom is -0.497 e. The normalized spacial score (nSPS) is 12.2. The standard InChI is InChI=1S/C25H18N4O3/c1-30-15-7-9-19-21(13-15)32-22-14-16(31-2)8-10-20(22)29(19)23-17-5-3-11-26-24(17)28-25-18(23)6-4-12-27-25/h3-14H,1-2H3. The van der Waals surface area contributed by atoms with E-state index in [0.717, 1.165) is 27.8 Å². The number of fused-ring (bicyclic) bond motifs is 4. The maximum Gasteiger partial charge on any atom is 0.163 e. The second-order valence-electron chi connectivity index (χ2n) is 7.31. The summed E-state index contributed by atoms with van der Waals surface area (Å²) in [7, 11) is 3.28. The van der Waals surface area contributed by atoms with E-state index in [2.05, 4.69) is 19.9 Å². The molecule has 0 bridgehead atoms. The van der Waals surface area contributed by atoms with Crippen molar-refractivity contribution in [2.45, 2.75) is 0 Å². The molecule has 0 spiro atoms. The molecule has 0 aliphatic carbocycles. The third-order valence-electron chi connectivity index (χ3n) is 5.55. The molecule has 2 aromatic carbocycles. The molecule has 1 aliphatic rings. The van der Waals surface area contributed by atoms with Crippen LogP contribution < -0.4 is 19.1 Å². The summed E-state index contributed by atoms with van der Waals surface area (Å²) in [6.07, 6.45) is 3.48. The van der Waals surface area contributed by atoms with Crippen LogP contribution in [-0.2, 0) is 0 Å². The molecule has 0 N–H and O–H groups in total. The summed E-state index contributed by atoms with van der Waals surface area (Å²) in [5, 5.41) is 1.83. The first-order valence-corrected chi connectivity index (χ1v) is 10.1. The van der Waals surface area contributed by atoms with Crippen molar-refractivity contribution in [1.82, 2.24) is 15.0 Å². The van der Waals surface area contributed by atoms with Gasteiger partial charge < -0.3 is 19.1 Å². The molecule has 7 nitrogen and oxygen atoms in total. The first-order valence-electron chi connectivity index (χ1n) is 10.1. The number of rotatable bonds is 3. The SMILES string of the molecule is COc1ccc2c(c1)Oc1cc(OC)ccc1N2c1c2cccnc2nc2ncccc12. The second-order valence-corrected chi connectivity index (χ2v) is 7.31. The Labute approximate surface area is 183 Å². The lowest BCUT2D eigenvalue weighted by Gasteiger charge is -2.34. The lowest BCUT2D eigenvalue weighted by molar-refractivity contribution is 0.403. The molecular weight excluding hydrogens is 404 g/mol. The molecule has 32 heavy (non-hydrogen) atoms. The molecule has 0 amide bonds. The monoisotopic (exact) mass is 422 g/mol. The highest BCUT2D eigenvalue weighted by Crippen LogP contribution is 2.54. The van der Waals surface area contributed by atoms with E-state index in [1.807, 2.05) is 60.7 Å². The van der Waals surface area contributed by atoms with E-state index in [4.69, 9.17) is 14.2 Å². The number of ether oxygens (including phenoxy) is 3. The molecule has 1 aliphatic heterocycles. The lowest BCUT2D eigenvalue weighted by Crippen LogP contribution is -2.17. The van der Waals surface area contributed by atoms with Gasteiger partial charge in [0.1, 0.15) is 11.5 Å². The van der Waals surface area contributed by atoms with Crippen LogP contribution in [0.1, 0.15) is 0 Å². The van der Waals surface area contributed by atoms with Crippen LogP contribution in [0.2, 0.25) is 0 Å². The van der Waals surface area contributed by atoms with Crippen molar-refractivity contribution in [2.24, 2.45) is 0 Å². The van der Waals surface area contributed by atoms with Crippen LogP contribution in [0.3, 0.4) is 0 Å². The van der Waals surface area contributed by atoms with Crippen molar-refractivity contribution in [3.8, 4) is 23.0 Å². The molecule has 0 fully saturated rings. The van der Waals surface area contributed by atoms with Gasteiger partial charge in [0.25, 0.3) is 0 Å². The van der Waals surface area contributed by atoms with Gasteiger partial charge in [0.15, 0.2) is 22.8 Å². The minimum atomic E-state index is 0.630. The van der Waals surface area contributed by atoms with Gasteiger partial charge in [0.2, 0.25) is 0 Å². The van der Waals surface area contributed by atoms with E-state index in [9.17, 15) is 0 Å². The summed E-state index contributed by atoms with van der Waals surface area (Å²) in [5.74, 6) is 2.78. The Morgan fingerprint density at radius 2 is 1.25 bits per heavy atom. The third kappa shape index (κ3) is 2.71. The molecule has 0 saturated carbocycles. The van der Waals surface area contributed by atoms with E-state index in [1.165, 1.54) is 0 Å². The Bertz CT molecular complexity index is 1390. The molecule has 4 heterocycles. The number of pyridine rings is 3. The van der Waals surface area contributed by atoms with Crippen LogP contribution >= 0.6 is 0 Å². The fourth-order valence-electron chi connectivity index (χ4n) is 4.09. The fraction of sp³-hybridized carbons (Fsp3) is 0.0800. The number of hydrogen-bond donors (Lipinski definition) is 0. The topological polar surface area (TPSA) is 69.6 Å². The maximum absolute atomic E-state index is 6.29. The quantitative estimate of drug-likeness (QED) is 0.335. The van der Waals surface area contributed by atoms with E-state index >= 15 is 0 Å². The zero-order valence-electron chi connectivity index (χ0n) is 17.4. The van der Waals surface area contributed by atoms with E-state index < -0.39 is 0 Å². The van der Waals surface area contributed by atoms with Gasteiger partial charge in [-0.25, -0.2) is 15.0 Å². The van der Waals surface area contributed by atoms with Crippen molar-refractivity contribution in [2.75, 3.05) is 19.1 Å². The first kappa shape index (κ1) is 18.4. The zero-order chi connectivity index (χ0) is 21.7. The van der Waals surface area contributed by atoms with Crippen LogP contribution in [0.4, 0.5) is 17.1 Å². The Morgan fingerprint density at radius 3 is 1.75 bits per heavy atom. The molecule has 0 atom stereocenters.